The first kappa shape index (κ1) is 14.9. The van der Waals surface area contributed by atoms with Gasteiger partial charge < -0.3 is 10.4 Å². The Bertz CT molecular complexity index is 117. The Labute approximate surface area is 95.5 Å². The average molecular weight is 215 g/mol. The molecule has 92 valence electrons. The highest BCUT2D eigenvalue weighted by Gasteiger charge is 1.98. The SMILES string of the molecule is CCCCCCCNCCCC(C)CO. The lowest BCUT2D eigenvalue weighted by Gasteiger charge is -2.08. The first-order valence-electron chi connectivity index (χ1n) is 6.62. The first-order chi connectivity index (χ1) is 7.31. The number of hydrogen-bond donors (Lipinski definition) is 2. The molecule has 0 aromatic rings. The van der Waals surface area contributed by atoms with E-state index in [1.165, 1.54) is 38.5 Å². The van der Waals surface area contributed by atoms with Crippen LogP contribution in [0.5, 0.6) is 0 Å². The number of unbranched alkanes of at least 4 members (excludes halogenated alkanes) is 4. The molecule has 0 bridgehead atoms. The van der Waals surface area contributed by atoms with Crippen molar-refractivity contribution in [1.29, 1.82) is 0 Å². The van der Waals surface area contributed by atoms with Crippen LogP contribution in [0.15, 0.2) is 0 Å². The van der Waals surface area contributed by atoms with Crippen LogP contribution in [-0.2, 0) is 0 Å². The summed E-state index contributed by atoms with van der Waals surface area (Å²) in [5.74, 6) is 0.469. The van der Waals surface area contributed by atoms with Crippen LogP contribution in [0.2, 0.25) is 0 Å². The van der Waals surface area contributed by atoms with Gasteiger partial charge in [0, 0.05) is 6.61 Å². The molecule has 1 unspecified atom stereocenters. The Morgan fingerprint density at radius 1 is 1.00 bits per heavy atom. The molecule has 0 heterocycles. The van der Waals surface area contributed by atoms with Gasteiger partial charge in [-0.2, -0.15) is 0 Å². The molecular weight excluding hydrogens is 186 g/mol. The molecule has 0 aliphatic rings. The van der Waals surface area contributed by atoms with Gasteiger partial charge in [0.1, 0.15) is 0 Å². The minimum atomic E-state index is 0.330. The Morgan fingerprint density at radius 2 is 1.67 bits per heavy atom. The van der Waals surface area contributed by atoms with Gasteiger partial charge in [-0.25, -0.2) is 0 Å². The van der Waals surface area contributed by atoms with E-state index in [4.69, 9.17) is 5.11 Å². The summed E-state index contributed by atoms with van der Waals surface area (Å²) in [5, 5.41) is 12.3. The van der Waals surface area contributed by atoms with Gasteiger partial charge in [-0.05, 0) is 38.3 Å². The minimum Gasteiger partial charge on any atom is -0.396 e. The number of nitrogens with one attached hydrogen (secondary N) is 1. The summed E-state index contributed by atoms with van der Waals surface area (Å²) in [4.78, 5) is 0. The summed E-state index contributed by atoms with van der Waals surface area (Å²) >= 11 is 0. The topological polar surface area (TPSA) is 32.3 Å². The van der Waals surface area contributed by atoms with Crippen molar-refractivity contribution in [3.05, 3.63) is 0 Å². The van der Waals surface area contributed by atoms with Gasteiger partial charge in [0.2, 0.25) is 0 Å². The summed E-state index contributed by atoms with van der Waals surface area (Å²) in [6.07, 6.45) is 9.11. The Balaban J connectivity index is 2.92. The van der Waals surface area contributed by atoms with Gasteiger partial charge in [-0.15, -0.1) is 0 Å². The van der Waals surface area contributed by atoms with Crippen molar-refractivity contribution >= 4 is 0 Å². The van der Waals surface area contributed by atoms with Crippen molar-refractivity contribution in [1.82, 2.24) is 5.32 Å². The molecule has 1 atom stereocenters. The fourth-order valence-corrected chi connectivity index (χ4v) is 1.65. The lowest BCUT2D eigenvalue weighted by Crippen LogP contribution is -2.17. The van der Waals surface area contributed by atoms with Gasteiger partial charge in [0.25, 0.3) is 0 Å². The van der Waals surface area contributed by atoms with E-state index >= 15 is 0 Å². The van der Waals surface area contributed by atoms with E-state index in [0.29, 0.717) is 12.5 Å². The van der Waals surface area contributed by atoms with Crippen LogP contribution in [0, 0.1) is 5.92 Å². The zero-order valence-corrected chi connectivity index (χ0v) is 10.6. The van der Waals surface area contributed by atoms with E-state index in [1.54, 1.807) is 0 Å². The Morgan fingerprint density at radius 3 is 2.33 bits per heavy atom. The van der Waals surface area contributed by atoms with Gasteiger partial charge in [-0.3, -0.25) is 0 Å². The molecule has 0 radical (unpaired) electrons. The normalized spacial score (nSPS) is 13.0. The molecule has 0 saturated carbocycles. The van der Waals surface area contributed by atoms with Gasteiger partial charge in [0.15, 0.2) is 0 Å². The van der Waals surface area contributed by atoms with E-state index in [0.717, 1.165) is 19.5 Å². The molecule has 0 amide bonds. The second-order valence-corrected chi connectivity index (χ2v) is 4.59. The van der Waals surface area contributed by atoms with Crippen LogP contribution in [0.3, 0.4) is 0 Å². The fraction of sp³-hybridized carbons (Fsp3) is 1.00. The molecule has 0 aromatic heterocycles. The number of aliphatic hydroxyl groups is 1. The molecule has 2 nitrogen and oxygen atoms in total. The molecule has 0 aliphatic carbocycles. The maximum Gasteiger partial charge on any atom is 0.0456 e. The van der Waals surface area contributed by atoms with Crippen LogP contribution in [0.25, 0.3) is 0 Å². The minimum absolute atomic E-state index is 0.330. The van der Waals surface area contributed by atoms with E-state index in [1.807, 2.05) is 0 Å². The van der Waals surface area contributed by atoms with Crippen molar-refractivity contribution in [2.75, 3.05) is 19.7 Å². The highest BCUT2D eigenvalue weighted by molar-refractivity contribution is 4.54. The predicted octanol–water partition coefficient (Wildman–Crippen LogP) is 2.96. The van der Waals surface area contributed by atoms with E-state index in [-0.39, 0.29) is 0 Å². The standard InChI is InChI=1S/C13H29NO/c1-3-4-5-6-7-10-14-11-8-9-13(2)12-15/h13-15H,3-12H2,1-2H3. The molecule has 2 N–H and O–H groups in total. The third-order valence-electron chi connectivity index (χ3n) is 2.82. The molecule has 0 spiro atoms. The maximum absolute atomic E-state index is 8.84. The summed E-state index contributed by atoms with van der Waals surface area (Å²) in [6, 6.07) is 0. The quantitative estimate of drug-likeness (QED) is 0.519. The molecule has 2 heteroatoms. The van der Waals surface area contributed by atoms with Gasteiger partial charge >= 0.3 is 0 Å². The second-order valence-electron chi connectivity index (χ2n) is 4.59. The average Bonchev–Trinajstić information content (AvgIpc) is 2.26. The fourth-order valence-electron chi connectivity index (χ4n) is 1.65. The molecular formula is C13H29NO. The van der Waals surface area contributed by atoms with Crippen LogP contribution in [0.4, 0.5) is 0 Å². The summed E-state index contributed by atoms with van der Waals surface area (Å²) < 4.78 is 0. The number of hydrogen-bond acceptors (Lipinski definition) is 2. The summed E-state index contributed by atoms with van der Waals surface area (Å²) in [7, 11) is 0. The zero-order chi connectivity index (χ0) is 11.4. The molecule has 0 rings (SSSR count). The highest BCUT2D eigenvalue weighted by Crippen LogP contribution is 2.03. The molecule has 0 aromatic carbocycles. The van der Waals surface area contributed by atoms with Crippen molar-refractivity contribution in [3.8, 4) is 0 Å². The van der Waals surface area contributed by atoms with Crippen molar-refractivity contribution in [3.63, 3.8) is 0 Å². The van der Waals surface area contributed by atoms with Crippen LogP contribution < -0.4 is 5.32 Å². The number of rotatable bonds is 11. The third kappa shape index (κ3) is 11.8. The lowest BCUT2D eigenvalue weighted by molar-refractivity contribution is 0.228. The van der Waals surface area contributed by atoms with Crippen LogP contribution >= 0.6 is 0 Å². The van der Waals surface area contributed by atoms with Crippen LogP contribution in [0.1, 0.15) is 58.8 Å². The van der Waals surface area contributed by atoms with Gasteiger partial charge in [0.05, 0.1) is 0 Å². The van der Waals surface area contributed by atoms with E-state index in [9.17, 15) is 0 Å². The van der Waals surface area contributed by atoms with Crippen molar-refractivity contribution < 1.29 is 5.11 Å². The summed E-state index contributed by atoms with van der Waals surface area (Å²) in [5.41, 5.74) is 0. The largest absolute Gasteiger partial charge is 0.396 e. The Kier molecular flexibility index (Phi) is 11.9. The Hall–Kier alpha value is -0.0800. The maximum atomic E-state index is 8.84. The lowest BCUT2D eigenvalue weighted by atomic mass is 10.1. The zero-order valence-electron chi connectivity index (χ0n) is 10.6. The smallest absolute Gasteiger partial charge is 0.0456 e. The predicted molar refractivity (Wildman–Crippen MR) is 67.1 cm³/mol. The monoisotopic (exact) mass is 215 g/mol. The van der Waals surface area contributed by atoms with E-state index < -0.39 is 0 Å². The van der Waals surface area contributed by atoms with Crippen molar-refractivity contribution in [2.24, 2.45) is 5.92 Å². The highest BCUT2D eigenvalue weighted by atomic mass is 16.3. The molecule has 15 heavy (non-hydrogen) atoms. The second kappa shape index (κ2) is 12.0. The number of aliphatic hydroxyl groups excluding tert-OH is 1. The molecule has 0 saturated heterocycles. The van der Waals surface area contributed by atoms with Crippen LogP contribution in [-0.4, -0.2) is 24.8 Å². The molecule has 0 aliphatic heterocycles. The van der Waals surface area contributed by atoms with Gasteiger partial charge in [-0.1, -0.05) is 39.5 Å². The third-order valence-corrected chi connectivity index (χ3v) is 2.82. The molecule has 0 fully saturated rings. The van der Waals surface area contributed by atoms with E-state index in [2.05, 4.69) is 19.2 Å². The first-order valence-corrected chi connectivity index (χ1v) is 6.62. The van der Waals surface area contributed by atoms with Crippen molar-refractivity contribution in [2.45, 2.75) is 58.8 Å². The summed E-state index contributed by atoms with van der Waals surface area (Å²) in [6.45, 7) is 6.96.